The summed E-state index contributed by atoms with van der Waals surface area (Å²) in [6, 6.07) is 7.59. The molecule has 0 aliphatic carbocycles. The van der Waals surface area contributed by atoms with Crippen molar-refractivity contribution in [1.29, 1.82) is 5.26 Å². The molecule has 1 rings (SSSR count). The van der Waals surface area contributed by atoms with Gasteiger partial charge in [-0.05, 0) is 30.7 Å². The highest BCUT2D eigenvalue weighted by molar-refractivity contribution is 5.73. The Kier molecular flexibility index (Phi) is 5.00. The lowest BCUT2D eigenvalue weighted by atomic mass is 10.1. The predicted octanol–water partition coefficient (Wildman–Crippen LogP) is 1.55. The van der Waals surface area contributed by atoms with E-state index in [1.807, 2.05) is 19.1 Å². The number of hydrogen-bond donors (Lipinski definition) is 2. The van der Waals surface area contributed by atoms with Gasteiger partial charge in [-0.2, -0.15) is 5.26 Å². The Bertz CT molecular complexity index is 463. The minimum atomic E-state index is -0.104. The van der Waals surface area contributed by atoms with Crippen LogP contribution < -0.4 is 10.6 Å². The van der Waals surface area contributed by atoms with E-state index in [9.17, 15) is 4.79 Å². The van der Waals surface area contributed by atoms with Gasteiger partial charge in [0.2, 0.25) is 0 Å². The van der Waals surface area contributed by atoms with Crippen LogP contribution in [0, 0.1) is 18.3 Å². The topological polar surface area (TPSA) is 68.2 Å². The number of anilines is 1. The third-order valence-electron chi connectivity index (χ3n) is 2.48. The number of nitrogens with one attached hydrogen (secondary N) is 2. The third-order valence-corrected chi connectivity index (χ3v) is 2.48. The van der Waals surface area contributed by atoms with E-state index in [-0.39, 0.29) is 6.03 Å². The second kappa shape index (κ2) is 6.50. The number of aryl methyl sites for hydroxylation is 1. The molecule has 0 radical (unpaired) electrons. The summed E-state index contributed by atoms with van der Waals surface area (Å²) in [5.41, 5.74) is 2.58. The molecule has 0 bridgehead atoms. The van der Waals surface area contributed by atoms with Crippen molar-refractivity contribution < 1.29 is 4.79 Å². The van der Waals surface area contributed by atoms with Crippen LogP contribution in [0.25, 0.3) is 0 Å². The average Bonchev–Trinajstić information content (AvgIpc) is 2.34. The smallest absolute Gasteiger partial charge is 0.316 e. The molecule has 0 atom stereocenters. The summed E-state index contributed by atoms with van der Waals surface area (Å²) in [6.07, 6.45) is 0. The highest BCUT2D eigenvalue weighted by Gasteiger charge is 2.01. The molecule has 1 aromatic carbocycles. The van der Waals surface area contributed by atoms with Gasteiger partial charge in [0.05, 0.1) is 11.6 Å². The van der Waals surface area contributed by atoms with E-state index < -0.39 is 0 Å². The lowest BCUT2D eigenvalue weighted by molar-refractivity contribution is 0.218. The van der Waals surface area contributed by atoms with Gasteiger partial charge < -0.3 is 15.5 Å². The zero-order valence-corrected chi connectivity index (χ0v) is 10.9. The van der Waals surface area contributed by atoms with Crippen LogP contribution in [0.4, 0.5) is 10.5 Å². The van der Waals surface area contributed by atoms with Crippen LogP contribution in [0.15, 0.2) is 18.2 Å². The number of nitriles is 1. The van der Waals surface area contributed by atoms with Crippen molar-refractivity contribution in [2.45, 2.75) is 6.92 Å². The van der Waals surface area contributed by atoms with Gasteiger partial charge in [-0.25, -0.2) is 4.79 Å². The molecule has 0 aliphatic heterocycles. The summed E-state index contributed by atoms with van der Waals surface area (Å²) in [4.78, 5) is 12.7. The van der Waals surface area contributed by atoms with Crippen molar-refractivity contribution in [2.75, 3.05) is 32.5 Å². The van der Waals surface area contributed by atoms with E-state index >= 15 is 0 Å². The molecule has 0 heterocycles. The van der Waals surface area contributed by atoms with E-state index in [4.69, 9.17) is 5.26 Å². The molecule has 5 nitrogen and oxygen atoms in total. The summed E-state index contributed by atoms with van der Waals surface area (Å²) in [7, 11) is 3.40. The molecule has 0 unspecified atom stereocenters. The van der Waals surface area contributed by atoms with Gasteiger partial charge in [0, 0.05) is 32.9 Å². The third kappa shape index (κ3) is 3.98. The van der Waals surface area contributed by atoms with Gasteiger partial charge in [-0.1, -0.05) is 0 Å². The van der Waals surface area contributed by atoms with Gasteiger partial charge in [0.15, 0.2) is 0 Å². The maximum atomic E-state index is 11.2. The van der Waals surface area contributed by atoms with E-state index in [0.29, 0.717) is 18.7 Å². The first-order valence-corrected chi connectivity index (χ1v) is 5.74. The van der Waals surface area contributed by atoms with Crippen molar-refractivity contribution in [2.24, 2.45) is 0 Å². The molecule has 0 saturated heterocycles. The molecular weight excluding hydrogens is 228 g/mol. The Hall–Kier alpha value is -2.22. The first-order chi connectivity index (χ1) is 8.54. The van der Waals surface area contributed by atoms with Crippen LogP contribution in [-0.2, 0) is 0 Å². The van der Waals surface area contributed by atoms with E-state index in [1.54, 1.807) is 20.2 Å². The zero-order valence-electron chi connectivity index (χ0n) is 10.9. The lowest BCUT2D eigenvalue weighted by Gasteiger charge is -2.13. The van der Waals surface area contributed by atoms with E-state index in [2.05, 4.69) is 16.7 Å². The minimum absolute atomic E-state index is 0.104. The number of hydrogen-bond acceptors (Lipinski definition) is 3. The van der Waals surface area contributed by atoms with Crippen LogP contribution in [0.5, 0.6) is 0 Å². The number of carbonyl (C=O) groups excluding carboxylic acids is 1. The van der Waals surface area contributed by atoms with Crippen LogP contribution in [0.1, 0.15) is 11.1 Å². The standard InChI is InChI=1S/C13H18N4O/c1-10-8-12(5-4-11(10)9-14)15-6-7-16-13(18)17(2)3/h4-5,8,15H,6-7H2,1-3H3,(H,16,18). The summed E-state index contributed by atoms with van der Waals surface area (Å²) < 4.78 is 0. The van der Waals surface area contributed by atoms with Gasteiger partial charge in [-0.3, -0.25) is 0 Å². The highest BCUT2D eigenvalue weighted by atomic mass is 16.2. The average molecular weight is 246 g/mol. The van der Waals surface area contributed by atoms with Gasteiger partial charge in [0.25, 0.3) is 0 Å². The molecule has 18 heavy (non-hydrogen) atoms. The molecule has 0 aromatic heterocycles. The number of carbonyl (C=O) groups is 1. The van der Waals surface area contributed by atoms with Crippen molar-refractivity contribution in [3.63, 3.8) is 0 Å². The molecule has 5 heteroatoms. The Morgan fingerprint density at radius 2 is 2.11 bits per heavy atom. The minimum Gasteiger partial charge on any atom is -0.383 e. The van der Waals surface area contributed by atoms with Crippen LogP contribution in [-0.4, -0.2) is 38.1 Å². The van der Waals surface area contributed by atoms with Gasteiger partial charge in [0.1, 0.15) is 0 Å². The van der Waals surface area contributed by atoms with Crippen molar-refractivity contribution in [3.05, 3.63) is 29.3 Å². The molecule has 0 spiro atoms. The molecule has 0 saturated carbocycles. The van der Waals surface area contributed by atoms with Crippen LogP contribution >= 0.6 is 0 Å². The first kappa shape index (κ1) is 13.8. The van der Waals surface area contributed by atoms with Gasteiger partial charge in [-0.15, -0.1) is 0 Å². The monoisotopic (exact) mass is 246 g/mol. The fourth-order valence-electron chi connectivity index (χ4n) is 1.43. The second-order valence-electron chi connectivity index (χ2n) is 4.19. The molecule has 96 valence electrons. The van der Waals surface area contributed by atoms with E-state index in [1.165, 1.54) is 4.90 Å². The molecule has 0 aliphatic rings. The number of nitrogens with zero attached hydrogens (tertiary/aromatic N) is 2. The maximum absolute atomic E-state index is 11.2. The van der Waals surface area contributed by atoms with Gasteiger partial charge >= 0.3 is 6.03 Å². The first-order valence-electron chi connectivity index (χ1n) is 5.74. The fraction of sp³-hybridized carbons (Fsp3) is 0.385. The van der Waals surface area contributed by atoms with Crippen LogP contribution in [0.3, 0.4) is 0 Å². The van der Waals surface area contributed by atoms with Crippen molar-refractivity contribution in [1.82, 2.24) is 10.2 Å². The van der Waals surface area contributed by atoms with Crippen LogP contribution in [0.2, 0.25) is 0 Å². The van der Waals surface area contributed by atoms with Crippen molar-refractivity contribution in [3.8, 4) is 6.07 Å². The number of urea groups is 1. The largest absolute Gasteiger partial charge is 0.383 e. The highest BCUT2D eigenvalue weighted by Crippen LogP contribution is 2.13. The Morgan fingerprint density at radius 3 is 2.67 bits per heavy atom. The normalized spacial score (nSPS) is 9.44. The predicted molar refractivity (Wildman–Crippen MR) is 71.5 cm³/mol. The number of amides is 2. The van der Waals surface area contributed by atoms with Crippen molar-refractivity contribution >= 4 is 11.7 Å². The number of rotatable bonds is 4. The summed E-state index contributed by atoms with van der Waals surface area (Å²) in [5, 5.41) is 14.8. The molecule has 2 amide bonds. The second-order valence-corrected chi connectivity index (χ2v) is 4.19. The lowest BCUT2D eigenvalue weighted by Crippen LogP contribution is -2.37. The Labute approximate surface area is 107 Å². The quantitative estimate of drug-likeness (QED) is 0.792. The Morgan fingerprint density at radius 1 is 1.39 bits per heavy atom. The van der Waals surface area contributed by atoms with E-state index in [0.717, 1.165) is 11.3 Å². The fourth-order valence-corrected chi connectivity index (χ4v) is 1.43. The SMILES string of the molecule is Cc1cc(NCCNC(=O)N(C)C)ccc1C#N. The summed E-state index contributed by atoms with van der Waals surface area (Å²) in [6.45, 7) is 3.10. The molecule has 0 fully saturated rings. The summed E-state index contributed by atoms with van der Waals surface area (Å²) >= 11 is 0. The Balaban J connectivity index is 2.39. The number of benzene rings is 1. The molecular formula is C13H18N4O. The molecule has 1 aromatic rings. The zero-order chi connectivity index (χ0) is 13.5. The maximum Gasteiger partial charge on any atom is 0.316 e. The molecule has 2 N–H and O–H groups in total. The summed E-state index contributed by atoms with van der Waals surface area (Å²) in [5.74, 6) is 0.